The van der Waals surface area contributed by atoms with Crippen LogP contribution in [0.2, 0.25) is 5.02 Å². The van der Waals surface area contributed by atoms with Gasteiger partial charge in [-0.25, -0.2) is 0 Å². The molecule has 1 aliphatic rings. The minimum atomic E-state index is -1.05. The molecule has 2 aromatic rings. The van der Waals surface area contributed by atoms with E-state index in [1.807, 2.05) is 18.2 Å². The molecular formula is C20H18ClN3O5S. The predicted molar refractivity (Wildman–Crippen MR) is 116 cm³/mol. The standard InChI is InChI=1S/C20H18ClN3O5S/c1-28-16-8-12(6-7-15(16)29-11-13-4-2-3-5-14(13)21)10-22-24-20-23-19(27)17(30-20)9-18(25)26/h2-8,10,17H,9,11H2,1H3,(H,25,26)(H,23,24,27). The van der Waals surface area contributed by atoms with Crippen LogP contribution in [0.15, 0.2) is 52.7 Å². The molecular weight excluding hydrogens is 430 g/mol. The van der Waals surface area contributed by atoms with Crippen molar-refractivity contribution in [3.63, 3.8) is 0 Å². The van der Waals surface area contributed by atoms with Gasteiger partial charge in [0, 0.05) is 10.6 Å². The van der Waals surface area contributed by atoms with Crippen LogP contribution in [0.25, 0.3) is 0 Å². The van der Waals surface area contributed by atoms with Crippen LogP contribution in [-0.2, 0) is 16.2 Å². The van der Waals surface area contributed by atoms with Gasteiger partial charge in [0.2, 0.25) is 5.91 Å². The molecule has 1 unspecified atom stereocenters. The lowest BCUT2D eigenvalue weighted by Gasteiger charge is -2.12. The van der Waals surface area contributed by atoms with Crippen LogP contribution < -0.4 is 14.8 Å². The number of carbonyl (C=O) groups is 2. The smallest absolute Gasteiger partial charge is 0.305 e. The Bertz CT molecular complexity index is 1010. The molecule has 2 N–H and O–H groups in total. The highest BCUT2D eigenvalue weighted by Crippen LogP contribution is 2.29. The summed E-state index contributed by atoms with van der Waals surface area (Å²) in [5, 5.41) is 19.4. The molecule has 3 rings (SSSR count). The number of methoxy groups -OCH3 is 1. The Hall–Kier alpha value is -3.04. The third kappa shape index (κ3) is 5.74. The Morgan fingerprint density at radius 2 is 2.10 bits per heavy atom. The van der Waals surface area contributed by atoms with Gasteiger partial charge in [-0.2, -0.15) is 5.10 Å². The second kappa shape index (κ2) is 10.1. The van der Waals surface area contributed by atoms with Gasteiger partial charge in [0.15, 0.2) is 16.7 Å². The van der Waals surface area contributed by atoms with Crippen molar-refractivity contribution in [3.05, 3.63) is 58.6 Å². The summed E-state index contributed by atoms with van der Waals surface area (Å²) < 4.78 is 11.2. The zero-order valence-corrected chi connectivity index (χ0v) is 17.4. The fourth-order valence-electron chi connectivity index (χ4n) is 2.55. The predicted octanol–water partition coefficient (Wildman–Crippen LogP) is 3.32. The average molecular weight is 448 g/mol. The summed E-state index contributed by atoms with van der Waals surface area (Å²) in [5.74, 6) is -0.367. The third-order valence-corrected chi connectivity index (χ3v) is 5.46. The van der Waals surface area contributed by atoms with E-state index in [1.165, 1.54) is 13.3 Å². The first-order valence-corrected chi connectivity index (χ1v) is 10.1. The lowest BCUT2D eigenvalue weighted by atomic mass is 10.2. The molecule has 0 bridgehead atoms. The minimum absolute atomic E-state index is 0.258. The summed E-state index contributed by atoms with van der Waals surface area (Å²) in [7, 11) is 1.53. The highest BCUT2D eigenvalue weighted by molar-refractivity contribution is 8.15. The topological polar surface area (TPSA) is 110 Å². The molecule has 8 nitrogen and oxygen atoms in total. The van der Waals surface area contributed by atoms with Gasteiger partial charge < -0.3 is 19.9 Å². The third-order valence-electron chi connectivity index (χ3n) is 4.02. The van der Waals surface area contributed by atoms with E-state index in [1.54, 1.807) is 24.3 Å². The number of halogens is 1. The zero-order chi connectivity index (χ0) is 21.5. The Kier molecular flexibility index (Phi) is 7.31. The van der Waals surface area contributed by atoms with Crippen LogP contribution in [0.3, 0.4) is 0 Å². The summed E-state index contributed by atoms with van der Waals surface area (Å²) >= 11 is 7.18. The highest BCUT2D eigenvalue weighted by atomic mass is 35.5. The van der Waals surface area contributed by atoms with Crippen molar-refractivity contribution in [2.24, 2.45) is 10.2 Å². The minimum Gasteiger partial charge on any atom is -0.493 e. The van der Waals surface area contributed by atoms with E-state index >= 15 is 0 Å². The molecule has 0 aliphatic carbocycles. The summed E-state index contributed by atoms with van der Waals surface area (Å²) in [4.78, 5) is 22.4. The molecule has 2 aromatic carbocycles. The monoisotopic (exact) mass is 447 g/mol. The molecule has 1 fully saturated rings. The second-order valence-corrected chi connectivity index (χ2v) is 7.73. The van der Waals surface area contributed by atoms with Gasteiger partial charge in [-0.3, -0.25) is 9.59 Å². The van der Waals surface area contributed by atoms with E-state index in [2.05, 4.69) is 15.5 Å². The molecule has 1 aliphatic heterocycles. The van der Waals surface area contributed by atoms with Gasteiger partial charge in [0.25, 0.3) is 0 Å². The van der Waals surface area contributed by atoms with Crippen LogP contribution in [-0.4, -0.2) is 40.7 Å². The van der Waals surface area contributed by atoms with Crippen LogP contribution in [0.4, 0.5) is 0 Å². The van der Waals surface area contributed by atoms with Crippen LogP contribution in [0.1, 0.15) is 17.5 Å². The average Bonchev–Trinajstić information content (AvgIpc) is 3.06. The van der Waals surface area contributed by atoms with Gasteiger partial charge in [-0.15, -0.1) is 5.10 Å². The van der Waals surface area contributed by atoms with Crippen molar-refractivity contribution in [1.82, 2.24) is 5.32 Å². The number of carboxylic acids is 1. The first-order valence-electron chi connectivity index (χ1n) is 8.81. The maximum absolute atomic E-state index is 11.7. The molecule has 10 heteroatoms. The Morgan fingerprint density at radius 3 is 2.83 bits per heavy atom. The number of carboxylic acid groups (broad SMARTS) is 1. The van der Waals surface area contributed by atoms with E-state index in [0.717, 1.165) is 17.3 Å². The SMILES string of the molecule is COc1cc(C=N/N=C2\NC(=O)C(CC(=O)O)S2)ccc1OCc1ccccc1Cl. The number of nitrogens with one attached hydrogen (secondary N) is 1. The molecule has 0 aromatic heterocycles. The maximum atomic E-state index is 11.7. The number of aliphatic carboxylic acids is 1. The molecule has 0 spiro atoms. The Balaban J connectivity index is 1.64. The van der Waals surface area contributed by atoms with Gasteiger partial charge in [-0.05, 0) is 29.8 Å². The summed E-state index contributed by atoms with van der Waals surface area (Å²) in [5.41, 5.74) is 1.57. The first-order chi connectivity index (χ1) is 14.5. The molecule has 1 saturated heterocycles. The Morgan fingerprint density at radius 1 is 1.30 bits per heavy atom. The summed E-state index contributed by atoms with van der Waals surface area (Å²) in [6, 6.07) is 12.7. The highest BCUT2D eigenvalue weighted by Gasteiger charge is 2.32. The lowest BCUT2D eigenvalue weighted by molar-refractivity contribution is -0.138. The molecule has 1 amide bonds. The quantitative estimate of drug-likeness (QED) is 0.474. The number of rotatable bonds is 8. The summed E-state index contributed by atoms with van der Waals surface area (Å²) in [6.07, 6.45) is 1.22. The van der Waals surface area contributed by atoms with Crippen LogP contribution >= 0.6 is 23.4 Å². The van der Waals surface area contributed by atoms with Crippen molar-refractivity contribution in [2.75, 3.05) is 7.11 Å². The van der Waals surface area contributed by atoms with E-state index < -0.39 is 17.1 Å². The number of carbonyl (C=O) groups excluding carboxylic acids is 1. The first kappa shape index (κ1) is 21.7. The van der Waals surface area contributed by atoms with Crippen molar-refractivity contribution < 1.29 is 24.2 Å². The fraction of sp³-hybridized carbons (Fsp3) is 0.200. The normalized spacial score (nSPS) is 17.3. The van der Waals surface area contributed by atoms with E-state index in [9.17, 15) is 9.59 Å². The van der Waals surface area contributed by atoms with Gasteiger partial charge in [0.05, 0.1) is 19.7 Å². The number of benzene rings is 2. The van der Waals surface area contributed by atoms with Gasteiger partial charge in [0.1, 0.15) is 11.9 Å². The fourth-order valence-corrected chi connectivity index (χ4v) is 3.65. The number of hydrogen-bond donors (Lipinski definition) is 2. The number of thioether (sulfide) groups is 1. The molecule has 1 heterocycles. The number of amidine groups is 1. The van der Waals surface area contributed by atoms with Crippen LogP contribution in [0.5, 0.6) is 11.5 Å². The largest absolute Gasteiger partial charge is 0.493 e. The zero-order valence-electron chi connectivity index (χ0n) is 15.9. The van der Waals surface area contributed by atoms with Crippen molar-refractivity contribution in [2.45, 2.75) is 18.3 Å². The molecule has 0 saturated carbocycles. The van der Waals surface area contributed by atoms with E-state index in [4.69, 9.17) is 26.2 Å². The van der Waals surface area contributed by atoms with E-state index in [0.29, 0.717) is 28.7 Å². The number of hydrogen-bond acceptors (Lipinski definition) is 7. The Labute approximate surface area is 181 Å². The summed E-state index contributed by atoms with van der Waals surface area (Å²) in [6.45, 7) is 0.297. The number of ether oxygens (including phenoxy) is 2. The number of amides is 1. The second-order valence-electron chi connectivity index (χ2n) is 6.13. The van der Waals surface area contributed by atoms with Gasteiger partial charge in [-0.1, -0.05) is 41.6 Å². The van der Waals surface area contributed by atoms with Crippen molar-refractivity contribution in [1.29, 1.82) is 0 Å². The maximum Gasteiger partial charge on any atom is 0.305 e. The lowest BCUT2D eigenvalue weighted by Crippen LogP contribution is -2.26. The number of nitrogens with zero attached hydrogens (tertiary/aromatic N) is 2. The van der Waals surface area contributed by atoms with E-state index in [-0.39, 0.29) is 11.6 Å². The molecule has 30 heavy (non-hydrogen) atoms. The van der Waals surface area contributed by atoms with Crippen molar-refractivity contribution in [3.8, 4) is 11.5 Å². The molecule has 156 valence electrons. The molecule has 1 atom stereocenters. The molecule has 0 radical (unpaired) electrons. The van der Waals surface area contributed by atoms with Gasteiger partial charge >= 0.3 is 5.97 Å². The van der Waals surface area contributed by atoms with Crippen LogP contribution in [0, 0.1) is 0 Å². The van der Waals surface area contributed by atoms with Crippen molar-refractivity contribution >= 4 is 46.6 Å².